The Bertz CT molecular complexity index is 1390. The molecule has 0 radical (unpaired) electrons. The predicted molar refractivity (Wildman–Crippen MR) is 135 cm³/mol. The maximum absolute atomic E-state index is 14.5. The van der Waals surface area contributed by atoms with E-state index >= 15 is 0 Å². The SMILES string of the molecule is CC(C)NC(=O)[C@H]1CN(c2cnc3ccc(-c4c[nH]nc4-c4cc(Cl)ccc4F)nc3c2)CCN1. The number of rotatable bonds is 5. The second-order valence-electron chi connectivity index (χ2n) is 8.82. The molecule has 1 aliphatic heterocycles. The first kappa shape index (κ1) is 23.2. The van der Waals surface area contributed by atoms with Crippen molar-refractivity contribution in [3.8, 4) is 22.5 Å². The van der Waals surface area contributed by atoms with Gasteiger partial charge in [0.15, 0.2) is 0 Å². The van der Waals surface area contributed by atoms with E-state index in [1.54, 1.807) is 18.5 Å². The number of amides is 1. The van der Waals surface area contributed by atoms with Crippen molar-refractivity contribution in [1.29, 1.82) is 0 Å². The van der Waals surface area contributed by atoms with Gasteiger partial charge in [-0.1, -0.05) is 11.6 Å². The van der Waals surface area contributed by atoms with Crippen LogP contribution in [0.15, 0.2) is 48.8 Å². The van der Waals surface area contributed by atoms with Crippen LogP contribution in [0.1, 0.15) is 13.8 Å². The van der Waals surface area contributed by atoms with E-state index in [-0.39, 0.29) is 18.0 Å². The van der Waals surface area contributed by atoms with Crippen LogP contribution in [-0.2, 0) is 4.79 Å². The Kier molecular flexibility index (Phi) is 6.36. The molecule has 0 unspecified atom stereocenters. The van der Waals surface area contributed by atoms with Crippen molar-refractivity contribution in [2.24, 2.45) is 0 Å². The lowest BCUT2D eigenvalue weighted by Gasteiger charge is -2.34. The Morgan fingerprint density at radius 3 is 2.89 bits per heavy atom. The summed E-state index contributed by atoms with van der Waals surface area (Å²) in [4.78, 5) is 24.0. The van der Waals surface area contributed by atoms with E-state index < -0.39 is 5.82 Å². The highest BCUT2D eigenvalue weighted by Gasteiger charge is 2.26. The lowest BCUT2D eigenvalue weighted by atomic mass is 10.0. The number of anilines is 1. The third kappa shape index (κ3) is 4.82. The van der Waals surface area contributed by atoms with Crippen LogP contribution in [0, 0.1) is 5.82 Å². The summed E-state index contributed by atoms with van der Waals surface area (Å²) in [5.41, 5.74) is 4.34. The summed E-state index contributed by atoms with van der Waals surface area (Å²) in [6, 6.07) is 9.83. The molecule has 1 aliphatic rings. The van der Waals surface area contributed by atoms with Crippen LogP contribution in [0.5, 0.6) is 0 Å². The fraction of sp³-hybridized carbons (Fsp3) is 0.280. The maximum atomic E-state index is 14.5. The van der Waals surface area contributed by atoms with Crippen LogP contribution >= 0.6 is 11.6 Å². The van der Waals surface area contributed by atoms with Crippen molar-refractivity contribution in [2.75, 3.05) is 24.5 Å². The van der Waals surface area contributed by atoms with Crippen molar-refractivity contribution in [3.05, 3.63) is 59.6 Å². The zero-order chi connectivity index (χ0) is 24.5. The molecule has 180 valence electrons. The number of benzene rings is 1. The van der Waals surface area contributed by atoms with Gasteiger partial charge in [-0.15, -0.1) is 0 Å². The summed E-state index contributed by atoms with van der Waals surface area (Å²) in [7, 11) is 0. The molecule has 0 saturated carbocycles. The van der Waals surface area contributed by atoms with Gasteiger partial charge in [0.2, 0.25) is 5.91 Å². The highest BCUT2D eigenvalue weighted by molar-refractivity contribution is 6.30. The maximum Gasteiger partial charge on any atom is 0.239 e. The second-order valence-corrected chi connectivity index (χ2v) is 9.25. The van der Waals surface area contributed by atoms with E-state index in [4.69, 9.17) is 16.6 Å². The molecule has 1 fully saturated rings. The third-order valence-electron chi connectivity index (χ3n) is 5.91. The zero-order valence-electron chi connectivity index (χ0n) is 19.3. The lowest BCUT2D eigenvalue weighted by Crippen LogP contribution is -2.58. The molecular formula is C25H25ClFN7O. The van der Waals surface area contributed by atoms with Crippen molar-refractivity contribution in [1.82, 2.24) is 30.8 Å². The molecule has 8 nitrogen and oxygen atoms in total. The number of aromatic amines is 1. The number of carbonyl (C=O) groups is 1. The minimum atomic E-state index is -0.415. The standard InChI is InChI=1S/C25H25ClFN7O/c1-14(2)31-25(35)23-13-34(8-7-28-23)16-10-22-21(29-11-16)6-5-20(32-22)18-12-30-33-24(18)17-9-15(26)3-4-19(17)27/h3-6,9-12,14,23,28H,7-8,13H2,1-2H3,(H,30,33)(H,31,35)/t23-/m1/s1. The molecule has 1 amide bonds. The van der Waals surface area contributed by atoms with Crippen LogP contribution in [0.2, 0.25) is 5.02 Å². The number of halogens is 2. The number of pyridine rings is 2. The number of nitrogens with zero attached hydrogens (tertiary/aromatic N) is 4. The summed E-state index contributed by atoms with van der Waals surface area (Å²) >= 11 is 6.09. The Morgan fingerprint density at radius 2 is 2.06 bits per heavy atom. The predicted octanol–water partition coefficient (Wildman–Crippen LogP) is 3.78. The van der Waals surface area contributed by atoms with Crippen LogP contribution < -0.4 is 15.5 Å². The third-order valence-corrected chi connectivity index (χ3v) is 6.15. The highest BCUT2D eigenvalue weighted by atomic mass is 35.5. The molecule has 0 aliphatic carbocycles. The fourth-order valence-corrected chi connectivity index (χ4v) is 4.41. The van der Waals surface area contributed by atoms with E-state index in [0.717, 1.165) is 17.7 Å². The Balaban J connectivity index is 1.46. The van der Waals surface area contributed by atoms with E-state index in [1.165, 1.54) is 12.1 Å². The number of nitrogens with one attached hydrogen (secondary N) is 3. The van der Waals surface area contributed by atoms with Crippen LogP contribution in [0.3, 0.4) is 0 Å². The van der Waals surface area contributed by atoms with Crippen LogP contribution in [-0.4, -0.2) is 57.8 Å². The number of piperazine rings is 1. The number of carbonyl (C=O) groups excluding carboxylic acids is 1. The first-order chi connectivity index (χ1) is 16.9. The van der Waals surface area contributed by atoms with Crippen LogP contribution in [0.4, 0.5) is 10.1 Å². The van der Waals surface area contributed by atoms with Crippen molar-refractivity contribution in [3.63, 3.8) is 0 Å². The summed E-state index contributed by atoms with van der Waals surface area (Å²) in [5, 5.41) is 13.7. The van der Waals surface area contributed by atoms with Crippen molar-refractivity contribution < 1.29 is 9.18 Å². The largest absolute Gasteiger partial charge is 0.367 e. The van der Waals surface area contributed by atoms with Gasteiger partial charge >= 0.3 is 0 Å². The summed E-state index contributed by atoms with van der Waals surface area (Å²) < 4.78 is 14.5. The van der Waals surface area contributed by atoms with Crippen molar-refractivity contribution in [2.45, 2.75) is 25.9 Å². The lowest BCUT2D eigenvalue weighted by molar-refractivity contribution is -0.123. The van der Waals surface area contributed by atoms with E-state index in [0.29, 0.717) is 46.1 Å². The van der Waals surface area contributed by atoms with Gasteiger partial charge in [0.25, 0.3) is 0 Å². The van der Waals surface area contributed by atoms with Gasteiger partial charge in [-0.05, 0) is 50.2 Å². The Labute approximate surface area is 206 Å². The van der Waals surface area contributed by atoms with Crippen LogP contribution in [0.25, 0.3) is 33.5 Å². The minimum Gasteiger partial charge on any atom is -0.367 e. The molecule has 3 N–H and O–H groups in total. The number of fused-ring (bicyclic) bond motifs is 1. The molecule has 4 aromatic rings. The van der Waals surface area contributed by atoms with Crippen molar-refractivity contribution >= 4 is 34.2 Å². The van der Waals surface area contributed by atoms with E-state index in [1.807, 2.05) is 32.0 Å². The molecule has 35 heavy (non-hydrogen) atoms. The number of hydrogen-bond acceptors (Lipinski definition) is 6. The minimum absolute atomic E-state index is 0.0143. The average molecular weight is 494 g/mol. The average Bonchev–Trinajstić information content (AvgIpc) is 3.34. The normalized spacial score (nSPS) is 16.1. The molecule has 10 heteroatoms. The van der Waals surface area contributed by atoms with Gasteiger partial charge in [0.05, 0.1) is 28.6 Å². The smallest absolute Gasteiger partial charge is 0.239 e. The second kappa shape index (κ2) is 9.59. The highest BCUT2D eigenvalue weighted by Crippen LogP contribution is 2.33. The molecule has 1 saturated heterocycles. The molecular weight excluding hydrogens is 469 g/mol. The van der Waals surface area contributed by atoms with Gasteiger partial charge in [-0.2, -0.15) is 5.10 Å². The molecule has 1 aromatic carbocycles. The van der Waals surface area contributed by atoms with Gasteiger partial charge in [-0.3, -0.25) is 14.9 Å². The quantitative estimate of drug-likeness (QED) is 0.391. The van der Waals surface area contributed by atoms with Gasteiger partial charge in [0.1, 0.15) is 17.6 Å². The topological polar surface area (TPSA) is 98.8 Å². The Hall–Kier alpha value is -3.56. The van der Waals surface area contributed by atoms with E-state index in [9.17, 15) is 9.18 Å². The summed E-state index contributed by atoms with van der Waals surface area (Å²) in [6.07, 6.45) is 3.49. The number of hydrogen-bond donors (Lipinski definition) is 3. The summed E-state index contributed by atoms with van der Waals surface area (Å²) in [6.45, 7) is 5.86. The number of aromatic nitrogens is 4. The molecule has 0 bridgehead atoms. The summed E-state index contributed by atoms with van der Waals surface area (Å²) in [5.74, 6) is -0.429. The molecule has 4 heterocycles. The monoisotopic (exact) mass is 493 g/mol. The fourth-order valence-electron chi connectivity index (χ4n) is 4.23. The van der Waals surface area contributed by atoms with Gasteiger partial charge in [-0.25, -0.2) is 9.37 Å². The zero-order valence-corrected chi connectivity index (χ0v) is 20.1. The molecule has 3 aromatic heterocycles. The van der Waals surface area contributed by atoms with Gasteiger partial charge < -0.3 is 15.5 Å². The Morgan fingerprint density at radius 1 is 1.20 bits per heavy atom. The molecule has 1 atom stereocenters. The van der Waals surface area contributed by atoms with Gasteiger partial charge in [0, 0.05) is 48.0 Å². The first-order valence-electron chi connectivity index (χ1n) is 11.4. The van der Waals surface area contributed by atoms with E-state index in [2.05, 4.69) is 30.7 Å². The molecule has 0 spiro atoms. The molecule has 5 rings (SSSR count). The first-order valence-corrected chi connectivity index (χ1v) is 11.8. The number of H-pyrrole nitrogens is 1.